The Morgan fingerprint density at radius 2 is 1.89 bits per heavy atom. The molecule has 0 aliphatic carbocycles. The highest BCUT2D eigenvalue weighted by Crippen LogP contribution is 2.46. The van der Waals surface area contributed by atoms with Gasteiger partial charge < -0.3 is 10.2 Å². The van der Waals surface area contributed by atoms with E-state index in [0.717, 1.165) is 24.3 Å². The number of hydrogen-bond donors (Lipinski definition) is 2. The fourth-order valence-electron chi connectivity index (χ4n) is 2.52. The van der Waals surface area contributed by atoms with Crippen LogP contribution in [-0.2, 0) is 0 Å². The summed E-state index contributed by atoms with van der Waals surface area (Å²) >= 11 is 3.75. The molecule has 1 saturated heterocycles. The van der Waals surface area contributed by atoms with Gasteiger partial charge in [0.05, 0.1) is 6.10 Å². The fraction of sp³-hybridized carbons (Fsp3) is 0.600. The van der Waals surface area contributed by atoms with Gasteiger partial charge in [-0.2, -0.15) is 11.8 Å². The third-order valence-electron chi connectivity index (χ3n) is 3.77. The van der Waals surface area contributed by atoms with Crippen molar-refractivity contribution in [2.24, 2.45) is 5.92 Å². The number of hydrogen-bond acceptors (Lipinski definition) is 4. The van der Waals surface area contributed by atoms with E-state index in [-0.39, 0.29) is 17.3 Å². The molecule has 19 heavy (non-hydrogen) atoms. The summed E-state index contributed by atoms with van der Waals surface area (Å²) < 4.78 is -0.144. The lowest BCUT2D eigenvalue weighted by Crippen LogP contribution is -2.46. The van der Waals surface area contributed by atoms with E-state index < -0.39 is 6.10 Å². The quantitative estimate of drug-likeness (QED) is 0.876. The monoisotopic (exact) mass is 298 g/mol. The Hall–Kier alpha value is -0.160. The van der Waals surface area contributed by atoms with Gasteiger partial charge in [-0.15, -0.1) is 11.8 Å². The fourth-order valence-corrected chi connectivity index (χ4v) is 5.52. The Labute approximate surface area is 124 Å². The molecule has 1 aliphatic rings. The van der Waals surface area contributed by atoms with Gasteiger partial charge in [0.25, 0.3) is 0 Å². The van der Waals surface area contributed by atoms with Crippen molar-refractivity contribution in [1.82, 2.24) is 0 Å². The van der Waals surface area contributed by atoms with Crippen LogP contribution in [0.3, 0.4) is 0 Å². The second-order valence-electron chi connectivity index (χ2n) is 5.20. The summed E-state index contributed by atoms with van der Waals surface area (Å²) in [6.45, 7) is 1.98. The predicted molar refractivity (Wildman–Crippen MR) is 83.8 cm³/mol. The summed E-state index contributed by atoms with van der Waals surface area (Å²) in [5.74, 6) is 2.11. The second kappa shape index (κ2) is 7.02. The van der Waals surface area contributed by atoms with Gasteiger partial charge in [0.1, 0.15) is 0 Å². The van der Waals surface area contributed by atoms with Crippen LogP contribution in [0.5, 0.6) is 0 Å². The zero-order valence-electron chi connectivity index (χ0n) is 11.3. The average Bonchev–Trinajstić information content (AvgIpc) is 2.47. The number of thioether (sulfide) groups is 2. The van der Waals surface area contributed by atoms with Crippen molar-refractivity contribution >= 4 is 23.5 Å². The first-order chi connectivity index (χ1) is 9.18. The summed E-state index contributed by atoms with van der Waals surface area (Å²) in [6.07, 6.45) is 1.55. The predicted octanol–water partition coefficient (Wildman–Crippen LogP) is 3.03. The number of benzene rings is 1. The molecule has 2 N–H and O–H groups in total. The molecule has 0 aromatic heterocycles. The van der Waals surface area contributed by atoms with Crippen molar-refractivity contribution in [3.63, 3.8) is 0 Å². The average molecular weight is 298 g/mol. The van der Waals surface area contributed by atoms with Crippen LogP contribution in [-0.4, -0.2) is 39.2 Å². The first kappa shape index (κ1) is 15.2. The van der Waals surface area contributed by atoms with E-state index in [9.17, 15) is 10.2 Å². The maximum atomic E-state index is 10.7. The minimum Gasteiger partial charge on any atom is -0.396 e. The Morgan fingerprint density at radius 3 is 2.47 bits per heavy atom. The third-order valence-corrected chi connectivity index (χ3v) is 6.32. The lowest BCUT2D eigenvalue weighted by atomic mass is 9.87. The molecule has 1 fully saturated rings. The van der Waals surface area contributed by atoms with Crippen LogP contribution >= 0.6 is 23.5 Å². The maximum absolute atomic E-state index is 10.7. The molecule has 2 rings (SSSR count). The van der Waals surface area contributed by atoms with Gasteiger partial charge in [-0.25, -0.2) is 0 Å². The van der Waals surface area contributed by atoms with Crippen LogP contribution in [0.15, 0.2) is 35.2 Å². The molecule has 0 radical (unpaired) electrons. The summed E-state index contributed by atoms with van der Waals surface area (Å²) in [4.78, 5) is 1.21. The zero-order valence-corrected chi connectivity index (χ0v) is 12.9. The van der Waals surface area contributed by atoms with Gasteiger partial charge in [0, 0.05) is 22.2 Å². The molecule has 1 aliphatic heterocycles. The van der Waals surface area contributed by atoms with E-state index in [2.05, 4.69) is 12.1 Å². The van der Waals surface area contributed by atoms with Gasteiger partial charge >= 0.3 is 0 Å². The number of aliphatic hydroxyl groups excluding tert-OH is 2. The van der Waals surface area contributed by atoms with Crippen molar-refractivity contribution in [3.8, 4) is 0 Å². The largest absolute Gasteiger partial charge is 0.396 e. The Kier molecular flexibility index (Phi) is 5.63. The van der Waals surface area contributed by atoms with Crippen LogP contribution < -0.4 is 0 Å². The van der Waals surface area contributed by atoms with E-state index in [1.54, 1.807) is 11.8 Å². The highest BCUT2D eigenvalue weighted by atomic mass is 32.2. The zero-order chi connectivity index (χ0) is 13.7. The van der Waals surface area contributed by atoms with Gasteiger partial charge in [0.2, 0.25) is 0 Å². The van der Waals surface area contributed by atoms with Crippen LogP contribution in [0.1, 0.15) is 19.8 Å². The molecule has 0 unspecified atom stereocenters. The molecular formula is C15H22O2S2. The van der Waals surface area contributed by atoms with Crippen LogP contribution in [0.25, 0.3) is 0 Å². The summed E-state index contributed by atoms with van der Waals surface area (Å²) in [5.41, 5.74) is 0. The first-order valence-electron chi connectivity index (χ1n) is 6.79. The molecule has 0 amide bonds. The Morgan fingerprint density at radius 1 is 1.26 bits per heavy atom. The van der Waals surface area contributed by atoms with E-state index in [0.29, 0.717) is 0 Å². The minimum atomic E-state index is -0.455. The summed E-state index contributed by atoms with van der Waals surface area (Å²) in [5, 5.41) is 20.0. The smallest absolute Gasteiger partial charge is 0.0738 e. The molecule has 4 heteroatoms. The van der Waals surface area contributed by atoms with E-state index in [4.69, 9.17) is 0 Å². The molecular weight excluding hydrogens is 276 g/mol. The maximum Gasteiger partial charge on any atom is 0.0738 e. The van der Waals surface area contributed by atoms with Gasteiger partial charge in [-0.3, -0.25) is 0 Å². The second-order valence-corrected chi connectivity index (χ2v) is 7.91. The lowest BCUT2D eigenvalue weighted by Gasteiger charge is -2.42. The van der Waals surface area contributed by atoms with Crippen LogP contribution in [0, 0.1) is 5.92 Å². The molecule has 2 atom stereocenters. The molecule has 0 bridgehead atoms. The Bertz CT molecular complexity index is 377. The minimum absolute atomic E-state index is 0.0470. The van der Waals surface area contributed by atoms with Crippen molar-refractivity contribution in [1.29, 1.82) is 0 Å². The lowest BCUT2D eigenvalue weighted by molar-refractivity contribution is 0.0424. The Balaban J connectivity index is 2.19. The molecule has 106 valence electrons. The normalized spacial score (nSPS) is 21.8. The summed E-state index contributed by atoms with van der Waals surface area (Å²) in [7, 11) is 0. The van der Waals surface area contributed by atoms with E-state index in [1.165, 1.54) is 4.90 Å². The number of rotatable bonds is 5. The van der Waals surface area contributed by atoms with Crippen molar-refractivity contribution < 1.29 is 10.2 Å². The topological polar surface area (TPSA) is 40.5 Å². The molecule has 0 saturated carbocycles. The number of aliphatic hydroxyl groups is 2. The molecule has 1 aromatic carbocycles. The summed E-state index contributed by atoms with van der Waals surface area (Å²) in [6, 6.07) is 10.3. The highest BCUT2D eigenvalue weighted by Gasteiger charge is 2.42. The molecule has 1 heterocycles. The van der Waals surface area contributed by atoms with Crippen molar-refractivity contribution in [2.75, 3.05) is 18.1 Å². The van der Waals surface area contributed by atoms with Gasteiger partial charge in [0.15, 0.2) is 0 Å². The van der Waals surface area contributed by atoms with Gasteiger partial charge in [-0.05, 0) is 36.5 Å². The van der Waals surface area contributed by atoms with E-state index in [1.807, 2.05) is 36.9 Å². The molecule has 2 nitrogen and oxygen atoms in total. The SMILES string of the molecule is C[C@@H](CO)[C@@H](O)C1(Sc2ccccc2)CCSCC1. The van der Waals surface area contributed by atoms with Crippen molar-refractivity contribution in [3.05, 3.63) is 30.3 Å². The molecule has 0 spiro atoms. The van der Waals surface area contributed by atoms with Gasteiger partial charge in [-0.1, -0.05) is 25.1 Å². The van der Waals surface area contributed by atoms with Crippen LogP contribution in [0.4, 0.5) is 0 Å². The first-order valence-corrected chi connectivity index (χ1v) is 8.76. The van der Waals surface area contributed by atoms with Crippen molar-refractivity contribution in [2.45, 2.75) is 35.5 Å². The van der Waals surface area contributed by atoms with Crippen LogP contribution in [0.2, 0.25) is 0 Å². The standard InChI is InChI=1S/C15H22O2S2/c1-12(11-16)14(17)15(7-9-18-10-8-15)19-13-5-3-2-4-6-13/h2-6,12,14,16-17H,7-11H2,1H3/t12-,14+/m0/s1. The van der Waals surface area contributed by atoms with E-state index >= 15 is 0 Å². The highest BCUT2D eigenvalue weighted by molar-refractivity contribution is 8.01. The third kappa shape index (κ3) is 3.69. The molecule has 1 aromatic rings.